The van der Waals surface area contributed by atoms with Crippen LogP contribution in [-0.4, -0.2) is 33.6 Å². The number of anilines is 1. The van der Waals surface area contributed by atoms with E-state index in [0.29, 0.717) is 17.9 Å². The Labute approximate surface area is 108 Å². The van der Waals surface area contributed by atoms with E-state index in [9.17, 15) is 0 Å². The van der Waals surface area contributed by atoms with E-state index in [1.807, 2.05) is 25.6 Å². The summed E-state index contributed by atoms with van der Waals surface area (Å²) in [5, 5.41) is 3.27. The molecule has 0 fully saturated rings. The van der Waals surface area contributed by atoms with Crippen molar-refractivity contribution >= 4 is 17.7 Å². The molecule has 1 rings (SSSR count). The second-order valence-corrected chi connectivity index (χ2v) is 5.41. The summed E-state index contributed by atoms with van der Waals surface area (Å²) in [6.45, 7) is 8.25. The van der Waals surface area contributed by atoms with Gasteiger partial charge >= 0.3 is 0 Å². The number of hydrogen-bond acceptors (Lipinski definition) is 5. The molecular weight excluding hydrogens is 234 g/mol. The molecule has 1 heterocycles. The Kier molecular flexibility index (Phi) is 6.11. The molecule has 0 amide bonds. The van der Waals surface area contributed by atoms with Gasteiger partial charge in [-0.3, -0.25) is 0 Å². The highest BCUT2D eigenvalue weighted by molar-refractivity contribution is 7.99. The number of rotatable bonds is 7. The fraction of sp³-hybridized carbons (Fsp3) is 0.667. The number of thioether (sulfide) groups is 1. The number of ether oxygens (including phenoxy) is 1. The Balaban J connectivity index is 2.53. The van der Waals surface area contributed by atoms with Crippen LogP contribution in [0.2, 0.25) is 0 Å². The lowest BCUT2D eigenvalue weighted by atomic mass is 10.4. The maximum Gasteiger partial charge on any atom is 0.226 e. The molecule has 1 N–H and O–H groups in total. The molecule has 0 spiro atoms. The largest absolute Gasteiger partial charge is 0.475 e. The van der Waals surface area contributed by atoms with Crippen LogP contribution in [0.25, 0.3) is 0 Å². The van der Waals surface area contributed by atoms with Gasteiger partial charge in [-0.2, -0.15) is 16.7 Å². The van der Waals surface area contributed by atoms with Crippen LogP contribution in [0.15, 0.2) is 12.3 Å². The van der Waals surface area contributed by atoms with E-state index in [0.717, 1.165) is 11.5 Å². The number of nitrogens with zero attached hydrogens (tertiary/aromatic N) is 2. The summed E-state index contributed by atoms with van der Waals surface area (Å²) in [6.07, 6.45) is 1.85. The zero-order valence-electron chi connectivity index (χ0n) is 10.9. The van der Waals surface area contributed by atoms with Crippen molar-refractivity contribution < 1.29 is 4.74 Å². The molecule has 0 saturated heterocycles. The molecule has 0 aliphatic heterocycles. The van der Waals surface area contributed by atoms with Gasteiger partial charge in [-0.25, -0.2) is 4.98 Å². The number of hydrogen-bond donors (Lipinski definition) is 1. The molecule has 0 aliphatic carbocycles. The summed E-state index contributed by atoms with van der Waals surface area (Å²) in [5.74, 6) is 3.43. The molecule has 1 aromatic heterocycles. The molecule has 0 aromatic carbocycles. The molecule has 1 atom stereocenters. The fourth-order valence-corrected chi connectivity index (χ4v) is 1.95. The van der Waals surface area contributed by atoms with Gasteiger partial charge in [0, 0.05) is 24.1 Å². The number of aromatic nitrogens is 2. The molecular formula is C12H21N3OS. The molecule has 96 valence electrons. The number of nitrogens with one attached hydrogen (secondary N) is 1. The summed E-state index contributed by atoms with van der Waals surface area (Å²) >= 11 is 1.90. The van der Waals surface area contributed by atoms with Crippen molar-refractivity contribution in [3.05, 3.63) is 12.3 Å². The van der Waals surface area contributed by atoms with Crippen molar-refractivity contribution in [2.45, 2.75) is 39.8 Å². The molecule has 0 bridgehead atoms. The molecule has 1 aromatic rings. The molecule has 17 heavy (non-hydrogen) atoms. The first-order chi connectivity index (χ1) is 8.11. The van der Waals surface area contributed by atoms with Crippen LogP contribution in [0.4, 0.5) is 5.95 Å². The molecule has 1 unspecified atom stereocenters. The first-order valence-electron chi connectivity index (χ1n) is 5.95. The first-order valence-corrected chi connectivity index (χ1v) is 7.11. The Morgan fingerprint density at radius 3 is 2.82 bits per heavy atom. The van der Waals surface area contributed by atoms with Crippen molar-refractivity contribution in [3.8, 4) is 5.88 Å². The van der Waals surface area contributed by atoms with Crippen molar-refractivity contribution in [2.75, 3.05) is 16.8 Å². The van der Waals surface area contributed by atoms with Crippen LogP contribution in [0.5, 0.6) is 5.88 Å². The first kappa shape index (κ1) is 14.1. The predicted octanol–water partition coefficient (Wildman–Crippen LogP) is 2.82. The third-order valence-electron chi connectivity index (χ3n) is 1.93. The second kappa shape index (κ2) is 7.37. The molecule has 4 nitrogen and oxygen atoms in total. The maximum atomic E-state index is 5.52. The highest BCUT2D eigenvalue weighted by Crippen LogP contribution is 2.12. The summed E-state index contributed by atoms with van der Waals surface area (Å²) < 4.78 is 5.52. The third kappa shape index (κ3) is 5.77. The van der Waals surface area contributed by atoms with E-state index in [2.05, 4.69) is 29.1 Å². The van der Waals surface area contributed by atoms with E-state index in [4.69, 9.17) is 4.74 Å². The third-order valence-corrected chi connectivity index (χ3v) is 3.08. The van der Waals surface area contributed by atoms with Crippen molar-refractivity contribution in [2.24, 2.45) is 0 Å². The van der Waals surface area contributed by atoms with Crippen molar-refractivity contribution in [1.82, 2.24) is 9.97 Å². The Morgan fingerprint density at radius 1 is 1.41 bits per heavy atom. The van der Waals surface area contributed by atoms with Crippen LogP contribution < -0.4 is 10.1 Å². The highest BCUT2D eigenvalue weighted by Gasteiger charge is 2.06. The van der Waals surface area contributed by atoms with Crippen LogP contribution in [0, 0.1) is 0 Å². The van der Waals surface area contributed by atoms with Gasteiger partial charge in [0.1, 0.15) is 0 Å². The van der Waals surface area contributed by atoms with Crippen LogP contribution in [0.1, 0.15) is 27.7 Å². The average molecular weight is 255 g/mol. The summed E-state index contributed by atoms with van der Waals surface area (Å²) in [5.41, 5.74) is 0. The SMILES string of the molecule is CCSCC(C)Nc1nccc(OC(C)C)n1. The molecule has 0 aliphatic rings. The van der Waals surface area contributed by atoms with Gasteiger partial charge in [0.05, 0.1) is 6.10 Å². The predicted molar refractivity (Wildman–Crippen MR) is 73.9 cm³/mol. The van der Waals surface area contributed by atoms with Crippen LogP contribution in [0.3, 0.4) is 0 Å². The standard InChI is InChI=1S/C12H21N3OS/c1-5-17-8-10(4)14-12-13-7-6-11(15-12)16-9(2)3/h6-7,9-10H,5,8H2,1-4H3,(H,13,14,15). The lowest BCUT2D eigenvalue weighted by molar-refractivity contribution is 0.232. The summed E-state index contributed by atoms with van der Waals surface area (Å²) in [4.78, 5) is 8.49. The van der Waals surface area contributed by atoms with Gasteiger partial charge in [-0.05, 0) is 26.5 Å². The molecule has 0 radical (unpaired) electrons. The van der Waals surface area contributed by atoms with Gasteiger partial charge in [-0.1, -0.05) is 6.92 Å². The summed E-state index contributed by atoms with van der Waals surface area (Å²) in [6, 6.07) is 2.13. The monoisotopic (exact) mass is 255 g/mol. The quantitative estimate of drug-likeness (QED) is 0.812. The van der Waals surface area contributed by atoms with E-state index in [1.165, 1.54) is 0 Å². The van der Waals surface area contributed by atoms with Crippen molar-refractivity contribution in [3.63, 3.8) is 0 Å². The maximum absolute atomic E-state index is 5.52. The Hall–Kier alpha value is -0.970. The van der Waals surface area contributed by atoms with Gasteiger partial charge in [0.15, 0.2) is 0 Å². The van der Waals surface area contributed by atoms with Gasteiger partial charge in [-0.15, -0.1) is 0 Å². The molecule has 5 heteroatoms. The van der Waals surface area contributed by atoms with Crippen LogP contribution >= 0.6 is 11.8 Å². The minimum absolute atomic E-state index is 0.130. The molecule has 0 saturated carbocycles. The highest BCUT2D eigenvalue weighted by atomic mass is 32.2. The smallest absolute Gasteiger partial charge is 0.226 e. The van der Waals surface area contributed by atoms with E-state index in [-0.39, 0.29) is 6.10 Å². The Morgan fingerprint density at radius 2 is 2.18 bits per heavy atom. The average Bonchev–Trinajstić information content (AvgIpc) is 2.26. The fourth-order valence-electron chi connectivity index (χ4n) is 1.28. The van der Waals surface area contributed by atoms with E-state index in [1.54, 1.807) is 12.3 Å². The van der Waals surface area contributed by atoms with E-state index >= 15 is 0 Å². The topological polar surface area (TPSA) is 47.0 Å². The summed E-state index contributed by atoms with van der Waals surface area (Å²) in [7, 11) is 0. The minimum atomic E-state index is 0.130. The van der Waals surface area contributed by atoms with Gasteiger partial charge < -0.3 is 10.1 Å². The van der Waals surface area contributed by atoms with Crippen LogP contribution in [-0.2, 0) is 0 Å². The Bertz CT molecular complexity index is 333. The minimum Gasteiger partial charge on any atom is -0.475 e. The lowest BCUT2D eigenvalue weighted by Gasteiger charge is -2.14. The van der Waals surface area contributed by atoms with E-state index < -0.39 is 0 Å². The zero-order valence-corrected chi connectivity index (χ0v) is 11.8. The van der Waals surface area contributed by atoms with Gasteiger partial charge in [0.2, 0.25) is 11.8 Å². The second-order valence-electron chi connectivity index (χ2n) is 4.09. The van der Waals surface area contributed by atoms with Gasteiger partial charge in [0.25, 0.3) is 0 Å². The van der Waals surface area contributed by atoms with Crippen molar-refractivity contribution in [1.29, 1.82) is 0 Å². The zero-order chi connectivity index (χ0) is 12.7. The normalized spacial score (nSPS) is 12.5. The lowest BCUT2D eigenvalue weighted by Crippen LogP contribution is -2.20.